The van der Waals surface area contributed by atoms with Crippen LogP contribution in [-0.2, 0) is 4.79 Å². The van der Waals surface area contributed by atoms with Gasteiger partial charge in [0.1, 0.15) is 0 Å². The number of hydrogen-bond donors (Lipinski definition) is 1. The first-order valence-electron chi connectivity index (χ1n) is 3.45. The molecule has 0 aromatic heterocycles. The minimum Gasteiger partial charge on any atom is -0.351 e. The molecular weight excluding hydrogens is 206 g/mol. The molecular formula is C8H14BrNO. The van der Waals surface area contributed by atoms with Crippen LogP contribution in [0.25, 0.3) is 0 Å². The molecule has 0 rings (SSSR count). The average molecular weight is 220 g/mol. The molecule has 0 atom stereocenters. The maximum absolute atomic E-state index is 11.2. The Morgan fingerprint density at radius 2 is 2.09 bits per heavy atom. The van der Waals surface area contributed by atoms with Crippen LogP contribution >= 0.6 is 15.9 Å². The van der Waals surface area contributed by atoms with E-state index in [1.165, 1.54) is 0 Å². The van der Waals surface area contributed by atoms with E-state index in [-0.39, 0.29) is 5.91 Å². The molecule has 0 aliphatic carbocycles. The number of carbonyl (C=O) groups is 1. The van der Waals surface area contributed by atoms with E-state index in [1.807, 2.05) is 6.92 Å². The summed E-state index contributed by atoms with van der Waals surface area (Å²) in [4.78, 5) is 11.2. The van der Waals surface area contributed by atoms with Crippen molar-refractivity contribution < 1.29 is 4.79 Å². The predicted molar refractivity (Wildman–Crippen MR) is 50.8 cm³/mol. The third-order valence-corrected chi connectivity index (χ3v) is 1.45. The fourth-order valence-electron chi connectivity index (χ4n) is 0.441. The lowest BCUT2D eigenvalue weighted by Gasteiger charge is -2.15. The Hall–Kier alpha value is -0.310. The summed E-state index contributed by atoms with van der Waals surface area (Å²) in [6, 6.07) is 0. The van der Waals surface area contributed by atoms with Crippen LogP contribution in [0.15, 0.2) is 12.2 Å². The Balaban J connectivity index is 3.80. The summed E-state index contributed by atoms with van der Waals surface area (Å²) in [5.41, 5.74) is 0.954. The van der Waals surface area contributed by atoms with Gasteiger partial charge in [-0.2, -0.15) is 0 Å². The first-order chi connectivity index (χ1) is 4.84. The van der Waals surface area contributed by atoms with E-state index in [0.29, 0.717) is 6.54 Å². The molecule has 0 aliphatic rings. The molecule has 0 saturated heterocycles. The first kappa shape index (κ1) is 10.7. The molecule has 11 heavy (non-hydrogen) atoms. The summed E-state index contributed by atoms with van der Waals surface area (Å²) in [6.45, 7) is 9.72. The number of nitrogens with one attached hydrogen (secondary N) is 1. The summed E-state index contributed by atoms with van der Waals surface area (Å²) < 4.78 is -0.484. The second-order valence-corrected chi connectivity index (χ2v) is 5.09. The highest BCUT2D eigenvalue weighted by Crippen LogP contribution is 2.14. The molecule has 1 amide bonds. The summed E-state index contributed by atoms with van der Waals surface area (Å²) in [6.07, 6.45) is 0. The lowest BCUT2D eigenvalue weighted by atomic mass is 10.2. The quantitative estimate of drug-likeness (QED) is 0.570. The Bertz CT molecular complexity index is 169. The van der Waals surface area contributed by atoms with Gasteiger partial charge in [-0.15, -0.1) is 0 Å². The molecule has 0 fully saturated rings. The van der Waals surface area contributed by atoms with Gasteiger partial charge in [0.2, 0.25) is 5.91 Å². The van der Waals surface area contributed by atoms with Crippen LogP contribution in [-0.4, -0.2) is 16.8 Å². The SMILES string of the molecule is C=C(C)CNC(=O)C(C)(C)Br. The van der Waals surface area contributed by atoms with Crippen LogP contribution in [0.4, 0.5) is 0 Å². The molecule has 3 heteroatoms. The van der Waals surface area contributed by atoms with Gasteiger partial charge in [-0.25, -0.2) is 0 Å². The zero-order valence-corrected chi connectivity index (χ0v) is 8.79. The summed E-state index contributed by atoms with van der Waals surface area (Å²) in [7, 11) is 0. The van der Waals surface area contributed by atoms with E-state index in [0.717, 1.165) is 5.57 Å². The van der Waals surface area contributed by atoms with Gasteiger partial charge in [0.15, 0.2) is 0 Å². The second kappa shape index (κ2) is 3.90. The normalized spacial score (nSPS) is 10.9. The standard InChI is InChI=1S/C8H14BrNO/c1-6(2)5-10-7(11)8(3,4)9/h1,5H2,2-4H3,(H,10,11). The van der Waals surface area contributed by atoms with Crippen molar-refractivity contribution in [1.29, 1.82) is 0 Å². The molecule has 0 aliphatic heterocycles. The molecule has 0 spiro atoms. The zero-order valence-electron chi connectivity index (χ0n) is 7.20. The van der Waals surface area contributed by atoms with Crippen molar-refractivity contribution in [2.75, 3.05) is 6.54 Å². The van der Waals surface area contributed by atoms with Crippen LogP contribution in [0.5, 0.6) is 0 Å². The van der Waals surface area contributed by atoms with Gasteiger partial charge in [-0.3, -0.25) is 4.79 Å². The second-order valence-electron chi connectivity index (χ2n) is 3.11. The summed E-state index contributed by atoms with van der Waals surface area (Å²) in [5, 5.41) is 2.74. The van der Waals surface area contributed by atoms with Gasteiger partial charge in [0.05, 0.1) is 4.32 Å². The molecule has 0 bridgehead atoms. The summed E-state index contributed by atoms with van der Waals surface area (Å²) >= 11 is 3.25. The third kappa shape index (κ3) is 5.01. The highest BCUT2D eigenvalue weighted by molar-refractivity contribution is 9.10. The number of carbonyl (C=O) groups excluding carboxylic acids is 1. The average Bonchev–Trinajstić information content (AvgIpc) is 1.80. The maximum Gasteiger partial charge on any atom is 0.236 e. The minimum absolute atomic E-state index is 0.0134. The number of amides is 1. The van der Waals surface area contributed by atoms with Crippen LogP contribution < -0.4 is 5.32 Å². The van der Waals surface area contributed by atoms with Crippen molar-refractivity contribution in [2.45, 2.75) is 25.1 Å². The van der Waals surface area contributed by atoms with Crippen molar-refractivity contribution in [3.05, 3.63) is 12.2 Å². The van der Waals surface area contributed by atoms with Crippen LogP contribution in [0, 0.1) is 0 Å². The molecule has 1 N–H and O–H groups in total. The monoisotopic (exact) mass is 219 g/mol. The zero-order chi connectivity index (χ0) is 9.07. The van der Waals surface area contributed by atoms with Crippen molar-refractivity contribution >= 4 is 21.8 Å². The lowest BCUT2D eigenvalue weighted by Crippen LogP contribution is -2.38. The van der Waals surface area contributed by atoms with Crippen LogP contribution in [0.2, 0.25) is 0 Å². The highest BCUT2D eigenvalue weighted by atomic mass is 79.9. The molecule has 0 unspecified atom stereocenters. The number of hydrogen-bond acceptors (Lipinski definition) is 1. The van der Waals surface area contributed by atoms with Crippen LogP contribution in [0.3, 0.4) is 0 Å². The van der Waals surface area contributed by atoms with Crippen molar-refractivity contribution in [2.24, 2.45) is 0 Å². The van der Waals surface area contributed by atoms with Gasteiger partial charge in [-0.1, -0.05) is 28.1 Å². The maximum atomic E-state index is 11.2. The largest absolute Gasteiger partial charge is 0.351 e. The smallest absolute Gasteiger partial charge is 0.236 e. The van der Waals surface area contributed by atoms with Gasteiger partial charge in [-0.05, 0) is 20.8 Å². The van der Waals surface area contributed by atoms with Gasteiger partial charge >= 0.3 is 0 Å². The van der Waals surface area contributed by atoms with Crippen molar-refractivity contribution in [3.63, 3.8) is 0 Å². The number of rotatable bonds is 3. The Morgan fingerprint density at radius 1 is 1.64 bits per heavy atom. The Morgan fingerprint density at radius 3 is 2.36 bits per heavy atom. The predicted octanol–water partition coefficient (Wildman–Crippen LogP) is 1.85. The molecule has 0 aromatic rings. The lowest BCUT2D eigenvalue weighted by molar-refractivity contribution is -0.122. The van der Waals surface area contributed by atoms with Crippen LogP contribution in [0.1, 0.15) is 20.8 Å². The minimum atomic E-state index is -0.484. The van der Waals surface area contributed by atoms with E-state index in [9.17, 15) is 4.79 Å². The van der Waals surface area contributed by atoms with E-state index in [1.54, 1.807) is 13.8 Å². The fraction of sp³-hybridized carbons (Fsp3) is 0.625. The third-order valence-electron chi connectivity index (χ3n) is 1.09. The number of alkyl halides is 1. The van der Waals surface area contributed by atoms with E-state index < -0.39 is 4.32 Å². The molecule has 0 saturated carbocycles. The van der Waals surface area contributed by atoms with E-state index in [2.05, 4.69) is 27.8 Å². The van der Waals surface area contributed by atoms with Gasteiger partial charge < -0.3 is 5.32 Å². The molecule has 0 aromatic carbocycles. The first-order valence-corrected chi connectivity index (χ1v) is 4.25. The number of halogens is 1. The Labute approximate surface area is 76.2 Å². The topological polar surface area (TPSA) is 29.1 Å². The summed E-state index contributed by atoms with van der Waals surface area (Å²) in [5.74, 6) is -0.0134. The Kier molecular flexibility index (Phi) is 3.79. The molecule has 0 heterocycles. The van der Waals surface area contributed by atoms with Crippen molar-refractivity contribution in [3.8, 4) is 0 Å². The van der Waals surface area contributed by atoms with Gasteiger partial charge in [0.25, 0.3) is 0 Å². The highest BCUT2D eigenvalue weighted by Gasteiger charge is 2.22. The van der Waals surface area contributed by atoms with E-state index >= 15 is 0 Å². The fourth-order valence-corrected chi connectivity index (χ4v) is 0.582. The van der Waals surface area contributed by atoms with E-state index in [4.69, 9.17) is 0 Å². The van der Waals surface area contributed by atoms with Gasteiger partial charge in [0, 0.05) is 6.54 Å². The molecule has 2 nitrogen and oxygen atoms in total. The van der Waals surface area contributed by atoms with Crippen molar-refractivity contribution in [1.82, 2.24) is 5.32 Å². The molecule has 64 valence electrons. The molecule has 0 radical (unpaired) electrons.